The average molecular weight is 261 g/mol. The van der Waals surface area contributed by atoms with Crippen LogP contribution in [0.1, 0.15) is 11.3 Å². The highest BCUT2D eigenvalue weighted by Gasteiger charge is 2.13. The fourth-order valence-corrected chi connectivity index (χ4v) is 2.95. The van der Waals surface area contributed by atoms with Gasteiger partial charge in [-0.2, -0.15) is 0 Å². The van der Waals surface area contributed by atoms with E-state index in [2.05, 4.69) is 38.7 Å². The van der Waals surface area contributed by atoms with Gasteiger partial charge in [0.2, 0.25) is 0 Å². The summed E-state index contributed by atoms with van der Waals surface area (Å²) in [6.07, 6.45) is 1.26. The molecule has 0 spiro atoms. The average Bonchev–Trinajstić information content (AvgIpc) is 2.71. The van der Waals surface area contributed by atoms with Gasteiger partial charge in [-0.05, 0) is 41.0 Å². The lowest BCUT2D eigenvalue weighted by molar-refractivity contribution is 0.551. The third-order valence-electron chi connectivity index (χ3n) is 2.25. The van der Waals surface area contributed by atoms with Gasteiger partial charge in [-0.1, -0.05) is 0 Å². The molecule has 1 aromatic heterocycles. The second-order valence-electron chi connectivity index (χ2n) is 3.28. The number of hydrogen-bond acceptors (Lipinski definition) is 3. The first-order valence-electron chi connectivity index (χ1n) is 4.53. The molecule has 0 amide bonds. The van der Waals surface area contributed by atoms with Crippen molar-refractivity contribution in [3.05, 3.63) is 20.8 Å². The van der Waals surface area contributed by atoms with E-state index in [0.717, 1.165) is 19.6 Å². The summed E-state index contributed by atoms with van der Waals surface area (Å²) >= 11 is 5.27. The first-order valence-corrected chi connectivity index (χ1v) is 6.14. The minimum absolute atomic E-state index is 0.667. The standard InChI is InChI=1S/C9H13BrN2S/c10-9-2-1-8(13-9)6-12-7-3-4-11-5-7/h1-2,7,11-12H,3-6H2. The quantitative estimate of drug-likeness (QED) is 0.869. The third-order valence-corrected chi connectivity index (χ3v) is 3.88. The monoisotopic (exact) mass is 260 g/mol. The minimum Gasteiger partial charge on any atom is -0.315 e. The molecule has 13 heavy (non-hydrogen) atoms. The Balaban J connectivity index is 1.78. The molecule has 0 aromatic carbocycles. The fourth-order valence-electron chi connectivity index (χ4n) is 1.52. The van der Waals surface area contributed by atoms with Crippen molar-refractivity contribution in [1.82, 2.24) is 10.6 Å². The Bertz CT molecular complexity index is 268. The summed E-state index contributed by atoms with van der Waals surface area (Å²) in [7, 11) is 0. The van der Waals surface area contributed by atoms with E-state index in [-0.39, 0.29) is 0 Å². The van der Waals surface area contributed by atoms with Crippen molar-refractivity contribution in [3.8, 4) is 0 Å². The Morgan fingerprint density at radius 3 is 3.15 bits per heavy atom. The van der Waals surface area contributed by atoms with Crippen LogP contribution in [0.3, 0.4) is 0 Å². The third kappa shape index (κ3) is 2.77. The zero-order valence-corrected chi connectivity index (χ0v) is 9.75. The summed E-state index contributed by atoms with van der Waals surface area (Å²) in [5, 5.41) is 6.88. The van der Waals surface area contributed by atoms with Crippen LogP contribution in [0.4, 0.5) is 0 Å². The van der Waals surface area contributed by atoms with Crippen LogP contribution < -0.4 is 10.6 Å². The van der Waals surface area contributed by atoms with Crippen LogP contribution in [0.15, 0.2) is 15.9 Å². The highest BCUT2D eigenvalue weighted by Crippen LogP contribution is 2.21. The molecule has 0 bridgehead atoms. The van der Waals surface area contributed by atoms with Crippen molar-refractivity contribution in [2.75, 3.05) is 13.1 Å². The van der Waals surface area contributed by atoms with Gasteiger partial charge in [0.15, 0.2) is 0 Å². The van der Waals surface area contributed by atoms with Crippen LogP contribution in [-0.2, 0) is 6.54 Å². The van der Waals surface area contributed by atoms with Crippen LogP contribution >= 0.6 is 27.3 Å². The van der Waals surface area contributed by atoms with Crippen molar-refractivity contribution in [2.45, 2.75) is 19.0 Å². The molecule has 0 aliphatic carbocycles. The molecule has 0 saturated carbocycles. The topological polar surface area (TPSA) is 24.1 Å². The van der Waals surface area contributed by atoms with E-state index in [1.807, 2.05) is 0 Å². The first kappa shape index (κ1) is 9.65. The summed E-state index contributed by atoms with van der Waals surface area (Å²) in [6, 6.07) is 4.94. The van der Waals surface area contributed by atoms with Gasteiger partial charge >= 0.3 is 0 Å². The van der Waals surface area contributed by atoms with Gasteiger partial charge in [-0.3, -0.25) is 0 Å². The Hall–Kier alpha value is 0.1000. The molecular formula is C9H13BrN2S. The Kier molecular flexibility index (Phi) is 3.38. The summed E-state index contributed by atoms with van der Waals surface area (Å²) in [5.41, 5.74) is 0. The predicted octanol–water partition coefficient (Wildman–Crippen LogP) is 1.96. The van der Waals surface area contributed by atoms with Crippen molar-refractivity contribution >= 4 is 27.3 Å². The molecule has 1 atom stereocenters. The van der Waals surface area contributed by atoms with Crippen LogP contribution in [-0.4, -0.2) is 19.1 Å². The molecular weight excluding hydrogens is 248 g/mol. The van der Waals surface area contributed by atoms with E-state index in [0.29, 0.717) is 6.04 Å². The molecule has 2 nitrogen and oxygen atoms in total. The molecule has 1 aliphatic heterocycles. The zero-order valence-electron chi connectivity index (χ0n) is 7.35. The van der Waals surface area contributed by atoms with E-state index in [4.69, 9.17) is 0 Å². The molecule has 2 rings (SSSR count). The van der Waals surface area contributed by atoms with Crippen LogP contribution in [0.2, 0.25) is 0 Å². The number of nitrogens with one attached hydrogen (secondary N) is 2. The Labute approximate surface area is 90.9 Å². The van der Waals surface area contributed by atoms with Gasteiger partial charge in [-0.15, -0.1) is 11.3 Å². The van der Waals surface area contributed by atoms with E-state index < -0.39 is 0 Å². The van der Waals surface area contributed by atoms with E-state index >= 15 is 0 Å². The largest absolute Gasteiger partial charge is 0.315 e. The number of thiophene rings is 1. The molecule has 2 heterocycles. The van der Waals surface area contributed by atoms with E-state index in [1.165, 1.54) is 15.1 Å². The Morgan fingerprint density at radius 1 is 1.62 bits per heavy atom. The number of hydrogen-bond donors (Lipinski definition) is 2. The van der Waals surface area contributed by atoms with Crippen LogP contribution in [0, 0.1) is 0 Å². The van der Waals surface area contributed by atoms with Crippen molar-refractivity contribution in [2.24, 2.45) is 0 Å². The maximum absolute atomic E-state index is 3.54. The van der Waals surface area contributed by atoms with Crippen LogP contribution in [0.5, 0.6) is 0 Å². The molecule has 2 N–H and O–H groups in total. The van der Waals surface area contributed by atoms with Crippen molar-refractivity contribution < 1.29 is 0 Å². The molecule has 0 radical (unpaired) electrons. The first-order chi connectivity index (χ1) is 6.34. The van der Waals surface area contributed by atoms with Crippen LogP contribution in [0.25, 0.3) is 0 Å². The number of halogens is 1. The molecule has 72 valence electrons. The van der Waals surface area contributed by atoms with Gasteiger partial charge in [-0.25, -0.2) is 0 Å². The van der Waals surface area contributed by atoms with Gasteiger partial charge in [0.05, 0.1) is 3.79 Å². The smallest absolute Gasteiger partial charge is 0.0701 e. The molecule has 1 aromatic rings. The lowest BCUT2D eigenvalue weighted by atomic mass is 10.2. The zero-order chi connectivity index (χ0) is 9.10. The fraction of sp³-hybridized carbons (Fsp3) is 0.556. The number of rotatable bonds is 3. The minimum atomic E-state index is 0.667. The SMILES string of the molecule is Brc1ccc(CNC2CCNC2)s1. The molecule has 1 aliphatic rings. The van der Waals surface area contributed by atoms with E-state index in [1.54, 1.807) is 11.3 Å². The van der Waals surface area contributed by atoms with Crippen molar-refractivity contribution in [1.29, 1.82) is 0 Å². The highest BCUT2D eigenvalue weighted by atomic mass is 79.9. The predicted molar refractivity (Wildman–Crippen MR) is 60.1 cm³/mol. The van der Waals surface area contributed by atoms with Crippen molar-refractivity contribution in [3.63, 3.8) is 0 Å². The summed E-state index contributed by atoms with van der Waals surface area (Å²) in [5.74, 6) is 0. The molecule has 1 unspecified atom stereocenters. The molecule has 1 saturated heterocycles. The van der Waals surface area contributed by atoms with Gasteiger partial charge in [0, 0.05) is 24.0 Å². The van der Waals surface area contributed by atoms with Gasteiger partial charge in [0.25, 0.3) is 0 Å². The lowest BCUT2D eigenvalue weighted by Crippen LogP contribution is -2.30. The highest BCUT2D eigenvalue weighted by molar-refractivity contribution is 9.11. The summed E-state index contributed by atoms with van der Waals surface area (Å²) in [4.78, 5) is 1.40. The maximum atomic E-state index is 3.54. The van der Waals surface area contributed by atoms with Gasteiger partial charge < -0.3 is 10.6 Å². The second kappa shape index (κ2) is 4.55. The second-order valence-corrected chi connectivity index (χ2v) is 5.82. The maximum Gasteiger partial charge on any atom is 0.0701 e. The van der Waals surface area contributed by atoms with Gasteiger partial charge in [0.1, 0.15) is 0 Å². The summed E-state index contributed by atoms with van der Waals surface area (Å²) in [6.45, 7) is 3.28. The van der Waals surface area contributed by atoms with E-state index in [9.17, 15) is 0 Å². The lowest BCUT2D eigenvalue weighted by Gasteiger charge is -2.09. The Morgan fingerprint density at radius 2 is 2.54 bits per heavy atom. The summed E-state index contributed by atoms with van der Waals surface area (Å²) < 4.78 is 1.22. The normalized spacial score (nSPS) is 22.4. The molecule has 1 fully saturated rings. The molecule has 4 heteroatoms.